The predicted octanol–water partition coefficient (Wildman–Crippen LogP) is 5.59. The van der Waals surface area contributed by atoms with Crippen molar-refractivity contribution in [3.63, 3.8) is 0 Å². The lowest BCUT2D eigenvalue weighted by Crippen LogP contribution is -2.08. The Morgan fingerprint density at radius 3 is 2.52 bits per heavy atom. The van der Waals surface area contributed by atoms with Crippen molar-refractivity contribution in [3.8, 4) is 11.5 Å². The lowest BCUT2D eigenvalue weighted by atomic mass is 9.82. The molecule has 0 amide bonds. The number of aryl methyl sites for hydroxylation is 1. The summed E-state index contributed by atoms with van der Waals surface area (Å²) in [5, 5.41) is 10.1. The number of methoxy groups -OCH3 is 1. The third-order valence-electron chi connectivity index (χ3n) is 5.11. The fourth-order valence-corrected chi connectivity index (χ4v) is 3.71. The van der Waals surface area contributed by atoms with Gasteiger partial charge in [0.05, 0.1) is 7.11 Å². The van der Waals surface area contributed by atoms with Crippen LogP contribution in [0.15, 0.2) is 36.4 Å². The number of phenolic OH excluding ortho intramolecular Hbond substituents is 1. The van der Waals surface area contributed by atoms with Crippen LogP contribution in [-0.4, -0.2) is 12.2 Å². The Morgan fingerprint density at radius 2 is 1.83 bits per heavy atom. The highest BCUT2D eigenvalue weighted by Crippen LogP contribution is 2.39. The zero-order valence-corrected chi connectivity index (χ0v) is 14.1. The van der Waals surface area contributed by atoms with Crippen LogP contribution >= 0.6 is 0 Å². The monoisotopic (exact) mass is 312 g/mol. The van der Waals surface area contributed by atoms with E-state index < -0.39 is 0 Å². The molecule has 0 spiro atoms. The molecule has 0 bridgehead atoms. The fraction of sp³-hybridized carbons (Fsp3) is 0.429. The normalized spacial score (nSPS) is 15.6. The summed E-state index contributed by atoms with van der Waals surface area (Å²) in [4.78, 5) is 0. The minimum absolute atomic E-state index is 0. The lowest BCUT2D eigenvalue weighted by Gasteiger charge is -2.25. The van der Waals surface area contributed by atoms with Gasteiger partial charge >= 0.3 is 0 Å². The SMILES string of the molecule is COc1cc(C)c(Cc2ccccc2O)cc1C1CCCCC1.[HH]. The van der Waals surface area contributed by atoms with Gasteiger partial charge in [-0.1, -0.05) is 43.5 Å². The first-order valence-corrected chi connectivity index (χ1v) is 8.63. The van der Waals surface area contributed by atoms with E-state index in [9.17, 15) is 5.11 Å². The number of hydrogen-bond donors (Lipinski definition) is 1. The minimum atomic E-state index is 0. The van der Waals surface area contributed by atoms with Crippen LogP contribution in [0.25, 0.3) is 0 Å². The van der Waals surface area contributed by atoms with Crippen molar-refractivity contribution < 1.29 is 11.3 Å². The Morgan fingerprint density at radius 1 is 1.09 bits per heavy atom. The maximum Gasteiger partial charge on any atom is 0.122 e. The molecule has 1 fully saturated rings. The lowest BCUT2D eigenvalue weighted by molar-refractivity contribution is 0.386. The average Bonchev–Trinajstić information content (AvgIpc) is 2.59. The number of aromatic hydroxyl groups is 1. The molecule has 0 aromatic heterocycles. The van der Waals surface area contributed by atoms with E-state index in [1.807, 2.05) is 18.2 Å². The predicted molar refractivity (Wildman–Crippen MR) is 96.6 cm³/mol. The molecular weight excluding hydrogens is 284 g/mol. The zero-order valence-electron chi connectivity index (χ0n) is 14.1. The maximum absolute atomic E-state index is 10.1. The van der Waals surface area contributed by atoms with Gasteiger partial charge in [0, 0.05) is 7.85 Å². The van der Waals surface area contributed by atoms with Crippen molar-refractivity contribution in [1.29, 1.82) is 0 Å². The van der Waals surface area contributed by atoms with E-state index in [1.165, 1.54) is 48.8 Å². The summed E-state index contributed by atoms with van der Waals surface area (Å²) in [7, 11) is 1.77. The Hall–Kier alpha value is -1.96. The molecule has 2 nitrogen and oxygen atoms in total. The van der Waals surface area contributed by atoms with Gasteiger partial charge in [0.25, 0.3) is 0 Å². The van der Waals surface area contributed by atoms with Crippen LogP contribution in [0.1, 0.15) is 61.7 Å². The molecule has 2 heteroatoms. The summed E-state index contributed by atoms with van der Waals surface area (Å²) in [6.45, 7) is 2.13. The summed E-state index contributed by atoms with van der Waals surface area (Å²) < 4.78 is 5.66. The molecule has 2 aromatic rings. The quantitative estimate of drug-likeness (QED) is 0.797. The number of rotatable bonds is 4. The number of hydrogen-bond acceptors (Lipinski definition) is 2. The summed E-state index contributed by atoms with van der Waals surface area (Å²) in [6, 6.07) is 12.1. The van der Waals surface area contributed by atoms with E-state index in [2.05, 4.69) is 19.1 Å². The van der Waals surface area contributed by atoms with Gasteiger partial charge in [-0.25, -0.2) is 0 Å². The van der Waals surface area contributed by atoms with E-state index in [0.717, 1.165) is 17.7 Å². The first-order chi connectivity index (χ1) is 11.2. The standard InChI is InChI=1S/C21H26O2.H2/c1-15-12-21(23-2)19(16-8-4-3-5-9-16)14-18(15)13-17-10-6-7-11-20(17)22;/h6-7,10-12,14,16,22H,3-5,8-9,13H2,1-2H3;1H. The molecule has 23 heavy (non-hydrogen) atoms. The van der Waals surface area contributed by atoms with Crippen molar-refractivity contribution in [2.75, 3.05) is 7.11 Å². The Labute approximate surface area is 140 Å². The summed E-state index contributed by atoms with van der Waals surface area (Å²) in [5.74, 6) is 2.01. The molecule has 0 atom stereocenters. The number of phenols is 1. The van der Waals surface area contributed by atoms with E-state index in [4.69, 9.17) is 4.74 Å². The highest BCUT2D eigenvalue weighted by molar-refractivity contribution is 5.47. The van der Waals surface area contributed by atoms with Crippen molar-refractivity contribution >= 4 is 0 Å². The first kappa shape index (κ1) is 15.9. The van der Waals surface area contributed by atoms with Crippen molar-refractivity contribution in [2.45, 2.75) is 51.4 Å². The van der Waals surface area contributed by atoms with Crippen LogP contribution in [0.4, 0.5) is 0 Å². The van der Waals surface area contributed by atoms with Crippen LogP contribution in [0.5, 0.6) is 11.5 Å². The van der Waals surface area contributed by atoms with Gasteiger partial charge in [0.2, 0.25) is 0 Å². The number of benzene rings is 2. The Bertz CT molecular complexity index is 676. The molecule has 0 saturated heterocycles. The van der Waals surface area contributed by atoms with E-state index in [0.29, 0.717) is 11.7 Å². The zero-order chi connectivity index (χ0) is 16.2. The Kier molecular flexibility index (Phi) is 4.90. The molecule has 2 aromatic carbocycles. The molecule has 0 heterocycles. The molecular formula is C21H28O2. The molecule has 0 unspecified atom stereocenters. The van der Waals surface area contributed by atoms with Crippen molar-refractivity contribution in [2.24, 2.45) is 0 Å². The summed E-state index contributed by atoms with van der Waals surface area (Å²) >= 11 is 0. The van der Waals surface area contributed by atoms with Crippen LogP contribution in [0, 0.1) is 6.92 Å². The third kappa shape index (κ3) is 3.52. The number of ether oxygens (including phenoxy) is 1. The minimum Gasteiger partial charge on any atom is -0.508 e. The van der Waals surface area contributed by atoms with Crippen LogP contribution in [0.3, 0.4) is 0 Å². The molecule has 1 aliphatic rings. The average molecular weight is 312 g/mol. The van der Waals surface area contributed by atoms with E-state index >= 15 is 0 Å². The second-order valence-corrected chi connectivity index (χ2v) is 6.66. The smallest absolute Gasteiger partial charge is 0.122 e. The van der Waals surface area contributed by atoms with Gasteiger partial charge in [-0.05, 0) is 60.1 Å². The summed E-state index contributed by atoms with van der Waals surface area (Å²) in [6.07, 6.45) is 7.27. The van der Waals surface area contributed by atoms with Crippen LogP contribution < -0.4 is 4.74 Å². The maximum atomic E-state index is 10.1. The highest BCUT2D eigenvalue weighted by Gasteiger charge is 2.20. The van der Waals surface area contributed by atoms with Gasteiger partial charge in [-0.15, -0.1) is 0 Å². The molecule has 1 N–H and O–H groups in total. The van der Waals surface area contributed by atoms with Gasteiger partial charge < -0.3 is 9.84 Å². The van der Waals surface area contributed by atoms with Crippen molar-refractivity contribution in [3.05, 3.63) is 58.7 Å². The van der Waals surface area contributed by atoms with Gasteiger partial charge in [-0.3, -0.25) is 0 Å². The molecule has 3 rings (SSSR count). The molecule has 124 valence electrons. The fourth-order valence-electron chi connectivity index (χ4n) is 3.71. The second-order valence-electron chi connectivity index (χ2n) is 6.66. The molecule has 1 aliphatic carbocycles. The van der Waals surface area contributed by atoms with Crippen LogP contribution in [0.2, 0.25) is 0 Å². The van der Waals surface area contributed by atoms with E-state index in [1.54, 1.807) is 13.2 Å². The third-order valence-corrected chi connectivity index (χ3v) is 5.11. The second kappa shape index (κ2) is 7.08. The summed E-state index contributed by atoms with van der Waals surface area (Å²) in [5.41, 5.74) is 4.84. The molecule has 1 saturated carbocycles. The van der Waals surface area contributed by atoms with Gasteiger partial charge in [0.1, 0.15) is 11.5 Å². The van der Waals surface area contributed by atoms with Gasteiger partial charge in [-0.2, -0.15) is 0 Å². The van der Waals surface area contributed by atoms with Gasteiger partial charge in [0.15, 0.2) is 0 Å². The Balaban J connectivity index is 0.00000208. The van der Waals surface area contributed by atoms with E-state index in [-0.39, 0.29) is 1.43 Å². The van der Waals surface area contributed by atoms with Crippen LogP contribution in [-0.2, 0) is 6.42 Å². The highest BCUT2D eigenvalue weighted by atomic mass is 16.5. The largest absolute Gasteiger partial charge is 0.508 e. The van der Waals surface area contributed by atoms with Crippen molar-refractivity contribution in [1.82, 2.24) is 0 Å². The molecule has 0 aliphatic heterocycles. The topological polar surface area (TPSA) is 29.5 Å². The number of para-hydroxylation sites is 1. The first-order valence-electron chi connectivity index (χ1n) is 8.63. The molecule has 0 radical (unpaired) electrons.